The first kappa shape index (κ1) is 17.0. The maximum absolute atomic E-state index is 12.3. The van der Waals surface area contributed by atoms with Crippen LogP contribution in [0.25, 0.3) is 0 Å². The van der Waals surface area contributed by atoms with Gasteiger partial charge in [-0.15, -0.1) is 0 Å². The average molecular weight is 333 g/mol. The van der Waals surface area contributed by atoms with Crippen LogP contribution in [0.3, 0.4) is 0 Å². The molecule has 0 N–H and O–H groups in total. The first-order chi connectivity index (χ1) is 11.0. The van der Waals surface area contributed by atoms with Gasteiger partial charge in [-0.2, -0.15) is 0 Å². The van der Waals surface area contributed by atoms with Crippen molar-refractivity contribution in [3.63, 3.8) is 0 Å². The zero-order chi connectivity index (χ0) is 16.8. The molecule has 0 unspecified atom stereocenters. The van der Waals surface area contributed by atoms with E-state index < -0.39 is 5.97 Å². The van der Waals surface area contributed by atoms with Crippen LogP contribution in [0.1, 0.15) is 22.8 Å². The van der Waals surface area contributed by atoms with Gasteiger partial charge in [-0.25, -0.2) is 9.78 Å². The summed E-state index contributed by atoms with van der Waals surface area (Å²) < 4.78 is 5.05. The highest BCUT2D eigenvalue weighted by Gasteiger charge is 2.17. The third kappa shape index (κ3) is 4.53. The molecule has 0 aliphatic carbocycles. The highest BCUT2D eigenvalue weighted by atomic mass is 35.5. The zero-order valence-electron chi connectivity index (χ0n) is 13.0. The molecule has 1 heterocycles. The van der Waals surface area contributed by atoms with Crippen LogP contribution in [0.4, 0.5) is 5.69 Å². The monoisotopic (exact) mass is 332 g/mol. The SMILES string of the molecule is CCN(C(=O)COC(=O)c1ccc(Cl)nc1)c1cccc(C)c1. The van der Waals surface area contributed by atoms with E-state index in [0.29, 0.717) is 6.54 Å². The van der Waals surface area contributed by atoms with Crippen molar-refractivity contribution in [2.75, 3.05) is 18.1 Å². The standard InChI is InChI=1S/C17H17ClN2O3/c1-3-20(14-6-4-5-12(2)9-14)16(21)11-23-17(22)13-7-8-15(18)19-10-13/h4-10H,3,11H2,1-2H3. The third-order valence-corrected chi connectivity index (χ3v) is 3.44. The number of benzene rings is 1. The Kier molecular flexibility index (Phi) is 5.71. The number of amides is 1. The summed E-state index contributed by atoms with van der Waals surface area (Å²) in [7, 11) is 0. The Morgan fingerprint density at radius 1 is 1.26 bits per heavy atom. The maximum Gasteiger partial charge on any atom is 0.340 e. The molecule has 0 saturated heterocycles. The highest BCUT2D eigenvalue weighted by Crippen LogP contribution is 2.16. The molecule has 1 amide bonds. The van der Waals surface area contributed by atoms with E-state index in [9.17, 15) is 9.59 Å². The predicted molar refractivity (Wildman–Crippen MR) is 88.7 cm³/mol. The number of anilines is 1. The first-order valence-corrected chi connectivity index (χ1v) is 7.54. The molecule has 2 aromatic rings. The second-order valence-corrected chi connectivity index (χ2v) is 5.31. The lowest BCUT2D eigenvalue weighted by Gasteiger charge is -2.21. The van der Waals surface area contributed by atoms with Crippen molar-refractivity contribution in [2.45, 2.75) is 13.8 Å². The fraction of sp³-hybridized carbons (Fsp3) is 0.235. The number of pyridine rings is 1. The van der Waals surface area contributed by atoms with Gasteiger partial charge in [0.1, 0.15) is 5.15 Å². The fourth-order valence-electron chi connectivity index (χ4n) is 2.08. The van der Waals surface area contributed by atoms with E-state index in [4.69, 9.17) is 16.3 Å². The molecule has 120 valence electrons. The van der Waals surface area contributed by atoms with E-state index in [1.807, 2.05) is 38.1 Å². The Balaban J connectivity index is 2.00. The van der Waals surface area contributed by atoms with Crippen LogP contribution in [0.15, 0.2) is 42.6 Å². The van der Waals surface area contributed by atoms with E-state index >= 15 is 0 Å². The smallest absolute Gasteiger partial charge is 0.340 e. The van der Waals surface area contributed by atoms with E-state index in [1.165, 1.54) is 18.3 Å². The number of halogens is 1. The number of rotatable bonds is 5. The Bertz CT molecular complexity index is 701. The number of aryl methyl sites for hydroxylation is 1. The molecule has 1 aromatic heterocycles. The quantitative estimate of drug-likeness (QED) is 0.623. The number of hydrogen-bond donors (Lipinski definition) is 0. The molecular weight excluding hydrogens is 316 g/mol. The van der Waals surface area contributed by atoms with Gasteiger partial charge in [0.15, 0.2) is 6.61 Å². The Morgan fingerprint density at radius 3 is 2.65 bits per heavy atom. The second-order valence-electron chi connectivity index (χ2n) is 4.92. The number of nitrogens with zero attached hydrogens (tertiary/aromatic N) is 2. The highest BCUT2D eigenvalue weighted by molar-refractivity contribution is 6.29. The molecule has 0 bridgehead atoms. The number of carbonyl (C=O) groups excluding carboxylic acids is 2. The summed E-state index contributed by atoms with van der Waals surface area (Å²) >= 11 is 5.66. The molecule has 0 fully saturated rings. The molecule has 6 heteroatoms. The van der Waals surface area contributed by atoms with Gasteiger partial charge in [0.25, 0.3) is 5.91 Å². The van der Waals surface area contributed by atoms with Crippen molar-refractivity contribution in [1.29, 1.82) is 0 Å². The van der Waals surface area contributed by atoms with Gasteiger partial charge in [-0.05, 0) is 43.7 Å². The van der Waals surface area contributed by atoms with E-state index in [1.54, 1.807) is 4.90 Å². The number of aromatic nitrogens is 1. The number of ether oxygens (including phenoxy) is 1. The molecule has 1 aromatic carbocycles. The first-order valence-electron chi connectivity index (χ1n) is 7.17. The lowest BCUT2D eigenvalue weighted by atomic mass is 10.2. The molecule has 2 rings (SSSR count). The van der Waals surface area contributed by atoms with Crippen molar-refractivity contribution in [3.05, 3.63) is 58.9 Å². The molecule has 0 aliphatic rings. The van der Waals surface area contributed by atoms with Crippen LogP contribution in [-0.4, -0.2) is 30.0 Å². The van der Waals surface area contributed by atoms with E-state index in [2.05, 4.69) is 4.98 Å². The van der Waals surface area contributed by atoms with Crippen molar-refractivity contribution in [2.24, 2.45) is 0 Å². The number of esters is 1. The Morgan fingerprint density at radius 2 is 2.04 bits per heavy atom. The fourth-order valence-corrected chi connectivity index (χ4v) is 2.20. The molecule has 0 atom stereocenters. The molecule has 0 radical (unpaired) electrons. The molecule has 23 heavy (non-hydrogen) atoms. The summed E-state index contributed by atoms with van der Waals surface area (Å²) in [6, 6.07) is 10.6. The normalized spacial score (nSPS) is 10.2. The zero-order valence-corrected chi connectivity index (χ0v) is 13.7. The lowest BCUT2D eigenvalue weighted by Crippen LogP contribution is -2.34. The summed E-state index contributed by atoms with van der Waals surface area (Å²) in [4.78, 5) is 29.5. The number of hydrogen-bond acceptors (Lipinski definition) is 4. The summed E-state index contributed by atoms with van der Waals surface area (Å²) in [6.45, 7) is 3.98. The summed E-state index contributed by atoms with van der Waals surface area (Å²) in [5.74, 6) is -0.892. The van der Waals surface area contributed by atoms with Crippen molar-refractivity contribution >= 4 is 29.2 Å². The largest absolute Gasteiger partial charge is 0.452 e. The minimum Gasteiger partial charge on any atom is -0.452 e. The van der Waals surface area contributed by atoms with E-state index in [-0.39, 0.29) is 23.2 Å². The number of likely N-dealkylation sites (N-methyl/N-ethyl adjacent to an activating group) is 1. The molecule has 0 aliphatic heterocycles. The average Bonchev–Trinajstić information content (AvgIpc) is 2.54. The van der Waals surface area contributed by atoms with Gasteiger partial charge in [-0.3, -0.25) is 4.79 Å². The number of carbonyl (C=O) groups is 2. The summed E-state index contributed by atoms with van der Waals surface area (Å²) in [6.07, 6.45) is 1.31. The van der Waals surface area contributed by atoms with Crippen molar-refractivity contribution < 1.29 is 14.3 Å². The summed E-state index contributed by atoms with van der Waals surface area (Å²) in [5, 5.41) is 0.286. The topological polar surface area (TPSA) is 59.5 Å². The van der Waals surface area contributed by atoms with Crippen LogP contribution in [-0.2, 0) is 9.53 Å². The Labute approximate surface area is 139 Å². The second kappa shape index (κ2) is 7.74. The van der Waals surface area contributed by atoms with Gasteiger partial charge < -0.3 is 9.64 Å². The van der Waals surface area contributed by atoms with Crippen LogP contribution in [0, 0.1) is 6.92 Å². The summed E-state index contributed by atoms with van der Waals surface area (Å²) in [5.41, 5.74) is 2.08. The predicted octanol–water partition coefficient (Wildman–Crippen LogP) is 3.25. The van der Waals surface area contributed by atoms with Gasteiger partial charge >= 0.3 is 5.97 Å². The van der Waals surface area contributed by atoms with Crippen LogP contribution < -0.4 is 4.90 Å². The van der Waals surface area contributed by atoms with Crippen LogP contribution in [0.5, 0.6) is 0 Å². The minimum atomic E-state index is -0.609. The van der Waals surface area contributed by atoms with E-state index in [0.717, 1.165) is 11.3 Å². The molecule has 0 saturated carbocycles. The molecule has 0 spiro atoms. The van der Waals surface area contributed by atoms with Crippen molar-refractivity contribution in [1.82, 2.24) is 4.98 Å². The van der Waals surface area contributed by atoms with Crippen LogP contribution in [0.2, 0.25) is 5.15 Å². The minimum absolute atomic E-state index is 0.251. The lowest BCUT2D eigenvalue weighted by molar-refractivity contribution is -0.121. The van der Waals surface area contributed by atoms with Crippen molar-refractivity contribution in [3.8, 4) is 0 Å². The Hall–Kier alpha value is -2.40. The van der Waals surface area contributed by atoms with Gasteiger partial charge in [0.2, 0.25) is 0 Å². The third-order valence-electron chi connectivity index (χ3n) is 3.22. The maximum atomic E-state index is 12.3. The molecule has 5 nitrogen and oxygen atoms in total. The van der Waals surface area contributed by atoms with Gasteiger partial charge in [-0.1, -0.05) is 23.7 Å². The van der Waals surface area contributed by atoms with Gasteiger partial charge in [0, 0.05) is 18.4 Å². The molecular formula is C17H17ClN2O3. The van der Waals surface area contributed by atoms with Gasteiger partial charge in [0.05, 0.1) is 5.56 Å². The van der Waals surface area contributed by atoms with Crippen LogP contribution >= 0.6 is 11.6 Å².